The number of carbonyl (C=O) groups excluding carboxylic acids is 2. The van der Waals surface area contributed by atoms with Crippen LogP contribution in [0.15, 0.2) is 11.6 Å². The lowest BCUT2D eigenvalue weighted by molar-refractivity contribution is -0.172. The zero-order valence-corrected chi connectivity index (χ0v) is 22.6. The molecule has 206 valence electrons. The summed E-state index contributed by atoms with van der Waals surface area (Å²) in [5.41, 5.74) is 0.708. The predicted molar refractivity (Wildman–Crippen MR) is 134 cm³/mol. The van der Waals surface area contributed by atoms with E-state index in [9.17, 15) is 9.59 Å². The van der Waals surface area contributed by atoms with Gasteiger partial charge in [0.15, 0.2) is 0 Å². The zero-order valence-electron chi connectivity index (χ0n) is 22.6. The highest BCUT2D eigenvalue weighted by molar-refractivity contribution is 5.75. The standard InChI is InChI=1S/C27H45NO8/c1-6-22(29)28-13-15-33-17-16-32-14-7-8-23(30)35-20-11-12-27(18-34-27)25(24(20)31-5)26(4)21(36-26)10-9-19(2)3/h9,20-21,24-25H,6-8,10-18H2,1-5H3,(H,28,29)/t20?,21-,24?,25?,26?,27+/m1/s1. The Kier molecular flexibility index (Phi) is 10.8. The van der Waals surface area contributed by atoms with E-state index in [0.717, 1.165) is 19.3 Å². The summed E-state index contributed by atoms with van der Waals surface area (Å²) in [5, 5.41) is 2.75. The van der Waals surface area contributed by atoms with Crippen LogP contribution < -0.4 is 5.32 Å². The molecule has 0 bridgehead atoms. The van der Waals surface area contributed by atoms with Gasteiger partial charge in [-0.15, -0.1) is 0 Å². The molecule has 0 radical (unpaired) electrons. The minimum Gasteiger partial charge on any atom is -0.460 e. The lowest BCUT2D eigenvalue weighted by atomic mass is 9.68. The van der Waals surface area contributed by atoms with Crippen molar-refractivity contribution in [1.82, 2.24) is 5.32 Å². The van der Waals surface area contributed by atoms with Crippen LogP contribution in [0, 0.1) is 5.92 Å². The van der Waals surface area contributed by atoms with Crippen LogP contribution in [0.3, 0.4) is 0 Å². The molecule has 3 fully saturated rings. The number of esters is 1. The van der Waals surface area contributed by atoms with E-state index in [0.29, 0.717) is 58.8 Å². The molecule has 2 heterocycles. The molecule has 9 heteroatoms. The smallest absolute Gasteiger partial charge is 0.306 e. The first-order valence-electron chi connectivity index (χ1n) is 13.4. The summed E-state index contributed by atoms with van der Waals surface area (Å²) in [4.78, 5) is 23.7. The van der Waals surface area contributed by atoms with Crippen molar-refractivity contribution in [3.63, 3.8) is 0 Å². The molecule has 0 aromatic carbocycles. The van der Waals surface area contributed by atoms with Crippen molar-refractivity contribution in [2.45, 2.75) is 95.7 Å². The molecule has 4 unspecified atom stereocenters. The van der Waals surface area contributed by atoms with Crippen LogP contribution in [-0.2, 0) is 38.0 Å². The van der Waals surface area contributed by atoms with E-state index in [-0.39, 0.29) is 47.3 Å². The van der Waals surface area contributed by atoms with Crippen LogP contribution >= 0.6 is 0 Å². The summed E-state index contributed by atoms with van der Waals surface area (Å²) >= 11 is 0. The number of methoxy groups -OCH3 is 1. The summed E-state index contributed by atoms with van der Waals surface area (Å²) in [6, 6.07) is 0. The number of epoxide rings is 2. The molecule has 1 aliphatic carbocycles. The summed E-state index contributed by atoms with van der Waals surface area (Å²) in [6.45, 7) is 11.2. The summed E-state index contributed by atoms with van der Waals surface area (Å²) in [5.74, 6) is -0.194. The SMILES string of the molecule is CCC(=O)NCCOCCOCCCC(=O)OC1CC[C@]2(CO2)C(C2(C)O[C@@H]2CC=C(C)C)C1OC. The van der Waals surface area contributed by atoms with Crippen LogP contribution in [-0.4, -0.2) is 88.1 Å². The molecule has 2 saturated heterocycles. The Morgan fingerprint density at radius 2 is 1.86 bits per heavy atom. The van der Waals surface area contributed by atoms with Gasteiger partial charge < -0.3 is 33.7 Å². The average molecular weight is 512 g/mol. The molecular weight excluding hydrogens is 466 g/mol. The number of hydrogen-bond acceptors (Lipinski definition) is 8. The van der Waals surface area contributed by atoms with Crippen LogP contribution in [0.5, 0.6) is 0 Å². The number of rotatable bonds is 16. The first-order chi connectivity index (χ1) is 17.3. The van der Waals surface area contributed by atoms with E-state index in [4.69, 9.17) is 28.4 Å². The second kappa shape index (κ2) is 13.3. The lowest BCUT2D eigenvalue weighted by Gasteiger charge is -2.42. The molecule has 1 N–H and O–H groups in total. The molecular formula is C27H45NO8. The van der Waals surface area contributed by atoms with E-state index >= 15 is 0 Å². The van der Waals surface area contributed by atoms with E-state index in [1.54, 1.807) is 7.11 Å². The van der Waals surface area contributed by atoms with Gasteiger partial charge in [0.1, 0.15) is 23.4 Å². The number of allylic oxidation sites excluding steroid dienone is 1. The highest BCUT2D eigenvalue weighted by Gasteiger charge is 2.72. The fraction of sp³-hybridized carbons (Fsp3) is 0.852. The van der Waals surface area contributed by atoms with E-state index in [1.165, 1.54) is 5.57 Å². The number of carbonyl (C=O) groups is 2. The molecule has 9 nitrogen and oxygen atoms in total. The first kappa shape index (κ1) is 29.0. The van der Waals surface area contributed by atoms with Crippen molar-refractivity contribution in [2.75, 3.05) is 46.7 Å². The summed E-state index contributed by atoms with van der Waals surface area (Å²) in [6.07, 6.45) is 5.54. The Balaban J connectivity index is 1.36. The molecule has 0 aromatic rings. The third-order valence-corrected chi connectivity index (χ3v) is 7.45. The highest BCUT2D eigenvalue weighted by atomic mass is 16.6. The third kappa shape index (κ3) is 7.74. The van der Waals surface area contributed by atoms with Crippen molar-refractivity contribution in [1.29, 1.82) is 0 Å². The van der Waals surface area contributed by atoms with Gasteiger partial charge in [-0.25, -0.2) is 0 Å². The number of amides is 1. The molecule has 3 aliphatic rings. The maximum atomic E-state index is 12.6. The van der Waals surface area contributed by atoms with Gasteiger partial charge in [-0.1, -0.05) is 18.6 Å². The monoisotopic (exact) mass is 511 g/mol. The third-order valence-electron chi connectivity index (χ3n) is 7.45. The molecule has 3 rings (SSSR count). The quantitative estimate of drug-likeness (QED) is 0.146. The Morgan fingerprint density at radius 1 is 1.14 bits per heavy atom. The lowest BCUT2D eigenvalue weighted by Crippen LogP contribution is -2.55. The Morgan fingerprint density at radius 3 is 2.50 bits per heavy atom. The number of hydrogen-bond donors (Lipinski definition) is 1. The maximum Gasteiger partial charge on any atom is 0.306 e. The van der Waals surface area contributed by atoms with Crippen molar-refractivity contribution in [2.24, 2.45) is 5.92 Å². The predicted octanol–water partition coefficient (Wildman–Crippen LogP) is 2.95. The van der Waals surface area contributed by atoms with Gasteiger partial charge in [0.05, 0.1) is 38.4 Å². The van der Waals surface area contributed by atoms with E-state index in [1.807, 2.05) is 6.92 Å². The van der Waals surface area contributed by atoms with Crippen molar-refractivity contribution in [3.05, 3.63) is 11.6 Å². The first-order valence-corrected chi connectivity index (χ1v) is 13.4. The molecule has 6 atom stereocenters. The summed E-state index contributed by atoms with van der Waals surface area (Å²) in [7, 11) is 1.68. The van der Waals surface area contributed by atoms with Gasteiger partial charge in [-0.3, -0.25) is 9.59 Å². The number of ether oxygens (including phenoxy) is 6. The molecule has 0 aromatic heterocycles. The van der Waals surface area contributed by atoms with Crippen LogP contribution in [0.2, 0.25) is 0 Å². The molecule has 1 amide bonds. The molecule has 1 saturated carbocycles. The van der Waals surface area contributed by atoms with E-state index in [2.05, 4.69) is 32.2 Å². The molecule has 1 spiro atoms. The van der Waals surface area contributed by atoms with Gasteiger partial charge >= 0.3 is 5.97 Å². The van der Waals surface area contributed by atoms with Gasteiger partial charge in [0.25, 0.3) is 0 Å². The van der Waals surface area contributed by atoms with Crippen LogP contribution in [0.4, 0.5) is 0 Å². The minimum absolute atomic E-state index is 0.0152. The van der Waals surface area contributed by atoms with E-state index < -0.39 is 0 Å². The number of nitrogens with one attached hydrogen (secondary N) is 1. The van der Waals surface area contributed by atoms with Gasteiger partial charge in [0.2, 0.25) is 5.91 Å². The molecule has 2 aliphatic heterocycles. The second-order valence-corrected chi connectivity index (χ2v) is 10.4. The Bertz CT molecular complexity index is 763. The second-order valence-electron chi connectivity index (χ2n) is 10.4. The Labute approximate surface area is 215 Å². The van der Waals surface area contributed by atoms with Crippen molar-refractivity contribution in [3.8, 4) is 0 Å². The van der Waals surface area contributed by atoms with Gasteiger partial charge in [-0.05, 0) is 46.5 Å². The largest absolute Gasteiger partial charge is 0.460 e. The van der Waals surface area contributed by atoms with Gasteiger partial charge in [-0.2, -0.15) is 0 Å². The fourth-order valence-electron chi connectivity index (χ4n) is 5.33. The Hall–Kier alpha value is -1.52. The highest BCUT2D eigenvalue weighted by Crippen LogP contribution is 2.59. The minimum atomic E-state index is -0.342. The summed E-state index contributed by atoms with van der Waals surface area (Å²) < 4.78 is 35.0. The maximum absolute atomic E-state index is 12.6. The van der Waals surface area contributed by atoms with Crippen molar-refractivity contribution < 1.29 is 38.0 Å². The van der Waals surface area contributed by atoms with Gasteiger partial charge in [0, 0.05) is 33.1 Å². The van der Waals surface area contributed by atoms with Crippen LogP contribution in [0.1, 0.15) is 66.2 Å². The average Bonchev–Trinajstić information content (AvgIpc) is 3.76. The normalized spacial score (nSPS) is 32.7. The fourth-order valence-corrected chi connectivity index (χ4v) is 5.33. The van der Waals surface area contributed by atoms with Crippen molar-refractivity contribution >= 4 is 11.9 Å². The zero-order chi connectivity index (χ0) is 26.2. The van der Waals surface area contributed by atoms with Crippen LogP contribution in [0.25, 0.3) is 0 Å². The topological polar surface area (TPSA) is 108 Å². The molecule has 36 heavy (non-hydrogen) atoms.